The second kappa shape index (κ2) is 4.76. The third kappa shape index (κ3) is 2.27. The van der Waals surface area contributed by atoms with Crippen molar-refractivity contribution in [3.05, 3.63) is 46.4 Å². The third-order valence-electron chi connectivity index (χ3n) is 2.89. The van der Waals surface area contributed by atoms with E-state index in [4.69, 9.17) is 27.9 Å². The van der Waals surface area contributed by atoms with E-state index < -0.39 is 0 Å². The summed E-state index contributed by atoms with van der Waals surface area (Å²) in [5.41, 5.74) is 2.63. The number of H-pyrrole nitrogens is 1. The molecule has 0 saturated heterocycles. The van der Waals surface area contributed by atoms with Crippen molar-refractivity contribution in [1.82, 2.24) is 9.97 Å². The van der Waals surface area contributed by atoms with Crippen molar-refractivity contribution in [2.24, 2.45) is 0 Å². The number of methoxy groups -OCH3 is 1. The molecule has 3 rings (SSSR count). The Labute approximate surface area is 120 Å². The van der Waals surface area contributed by atoms with Crippen LogP contribution in [0, 0.1) is 0 Å². The number of aromatic nitrogens is 2. The van der Waals surface area contributed by atoms with Crippen molar-refractivity contribution in [3.63, 3.8) is 0 Å². The zero-order chi connectivity index (χ0) is 13.4. The number of rotatable bonds is 2. The van der Waals surface area contributed by atoms with Gasteiger partial charge in [0.2, 0.25) is 0 Å². The number of nitrogens with one attached hydrogen (secondary N) is 1. The molecule has 0 bridgehead atoms. The summed E-state index contributed by atoms with van der Waals surface area (Å²) in [5, 5.41) is 1.01. The van der Waals surface area contributed by atoms with Gasteiger partial charge in [-0.05, 0) is 36.4 Å². The van der Waals surface area contributed by atoms with Crippen molar-refractivity contribution in [2.45, 2.75) is 0 Å². The summed E-state index contributed by atoms with van der Waals surface area (Å²) in [4.78, 5) is 7.72. The van der Waals surface area contributed by atoms with Crippen molar-refractivity contribution < 1.29 is 4.74 Å². The van der Waals surface area contributed by atoms with Gasteiger partial charge in [-0.1, -0.05) is 23.2 Å². The molecular formula is C14H10Cl2N2O. The van der Waals surface area contributed by atoms with Gasteiger partial charge in [0.05, 0.1) is 28.2 Å². The predicted octanol–water partition coefficient (Wildman–Crippen LogP) is 4.55. The molecule has 2 aromatic carbocycles. The van der Waals surface area contributed by atoms with E-state index in [0.29, 0.717) is 10.0 Å². The number of imidazole rings is 1. The minimum absolute atomic E-state index is 0.502. The first-order valence-electron chi connectivity index (χ1n) is 5.66. The highest BCUT2D eigenvalue weighted by Crippen LogP contribution is 2.29. The first-order valence-corrected chi connectivity index (χ1v) is 6.42. The van der Waals surface area contributed by atoms with E-state index in [2.05, 4.69) is 9.97 Å². The number of ether oxygens (including phenoxy) is 1. The van der Waals surface area contributed by atoms with E-state index in [0.717, 1.165) is 28.2 Å². The highest BCUT2D eigenvalue weighted by molar-refractivity contribution is 6.42. The molecule has 1 N–H and O–H groups in total. The third-order valence-corrected chi connectivity index (χ3v) is 3.61. The quantitative estimate of drug-likeness (QED) is 0.753. The van der Waals surface area contributed by atoms with E-state index in [1.807, 2.05) is 24.3 Å². The van der Waals surface area contributed by atoms with Gasteiger partial charge in [-0.25, -0.2) is 4.98 Å². The van der Waals surface area contributed by atoms with Crippen LogP contribution in [-0.4, -0.2) is 17.1 Å². The highest BCUT2D eigenvalue weighted by Gasteiger charge is 2.08. The molecule has 0 unspecified atom stereocenters. The Morgan fingerprint density at radius 1 is 1.05 bits per heavy atom. The van der Waals surface area contributed by atoms with Gasteiger partial charge in [0.25, 0.3) is 0 Å². The Morgan fingerprint density at radius 3 is 2.42 bits per heavy atom. The van der Waals surface area contributed by atoms with E-state index in [9.17, 15) is 0 Å². The molecule has 5 heteroatoms. The number of benzene rings is 2. The maximum absolute atomic E-state index is 5.99. The summed E-state index contributed by atoms with van der Waals surface area (Å²) in [7, 11) is 1.64. The average molecular weight is 293 g/mol. The van der Waals surface area contributed by atoms with Crippen LogP contribution < -0.4 is 4.74 Å². The lowest BCUT2D eigenvalue weighted by atomic mass is 10.2. The summed E-state index contributed by atoms with van der Waals surface area (Å²) in [6, 6.07) is 11.2. The SMILES string of the molecule is COc1ccc(-c2nc3cc(Cl)c(Cl)cc3[nH]2)cc1. The smallest absolute Gasteiger partial charge is 0.138 e. The molecule has 0 radical (unpaired) electrons. The van der Waals surface area contributed by atoms with E-state index >= 15 is 0 Å². The van der Waals surface area contributed by atoms with Gasteiger partial charge < -0.3 is 9.72 Å². The van der Waals surface area contributed by atoms with Gasteiger partial charge in [0.15, 0.2) is 0 Å². The molecule has 1 aromatic heterocycles. The van der Waals surface area contributed by atoms with Gasteiger partial charge in [-0.3, -0.25) is 0 Å². The summed E-state index contributed by atoms with van der Waals surface area (Å²) in [6.07, 6.45) is 0. The molecule has 3 aromatic rings. The molecule has 1 heterocycles. The number of aromatic amines is 1. The Hall–Kier alpha value is -1.71. The van der Waals surface area contributed by atoms with Crippen LogP contribution in [0.15, 0.2) is 36.4 Å². The van der Waals surface area contributed by atoms with Crippen molar-refractivity contribution in [3.8, 4) is 17.1 Å². The number of hydrogen-bond donors (Lipinski definition) is 1. The normalized spacial score (nSPS) is 10.9. The molecule has 0 fully saturated rings. The summed E-state index contributed by atoms with van der Waals surface area (Å²) >= 11 is 12.0. The van der Waals surface area contributed by atoms with Gasteiger partial charge in [-0.2, -0.15) is 0 Å². The van der Waals surface area contributed by atoms with Crippen LogP contribution in [0.4, 0.5) is 0 Å². The fraction of sp³-hybridized carbons (Fsp3) is 0.0714. The highest BCUT2D eigenvalue weighted by atomic mass is 35.5. The maximum atomic E-state index is 5.99. The molecule has 3 nitrogen and oxygen atoms in total. The van der Waals surface area contributed by atoms with Crippen molar-refractivity contribution >= 4 is 34.2 Å². The number of halogens is 2. The van der Waals surface area contributed by atoms with Gasteiger partial charge in [0.1, 0.15) is 11.6 Å². The predicted molar refractivity (Wildman–Crippen MR) is 78.1 cm³/mol. The topological polar surface area (TPSA) is 37.9 Å². The second-order valence-corrected chi connectivity index (χ2v) is 4.91. The Bertz CT molecular complexity index is 696. The van der Waals surface area contributed by atoms with E-state index in [-0.39, 0.29) is 0 Å². The van der Waals surface area contributed by atoms with Gasteiger partial charge in [-0.15, -0.1) is 0 Å². The monoisotopic (exact) mass is 292 g/mol. The van der Waals surface area contributed by atoms with E-state index in [1.165, 1.54) is 0 Å². The van der Waals surface area contributed by atoms with Crippen molar-refractivity contribution in [2.75, 3.05) is 7.11 Å². The lowest BCUT2D eigenvalue weighted by Crippen LogP contribution is -1.83. The maximum Gasteiger partial charge on any atom is 0.138 e. The largest absolute Gasteiger partial charge is 0.497 e. The molecule has 96 valence electrons. The van der Waals surface area contributed by atoms with Crippen LogP contribution in [0.3, 0.4) is 0 Å². The van der Waals surface area contributed by atoms with Crippen LogP contribution in [0.5, 0.6) is 5.75 Å². The van der Waals surface area contributed by atoms with Crippen LogP contribution >= 0.6 is 23.2 Å². The lowest BCUT2D eigenvalue weighted by Gasteiger charge is -2.00. The first kappa shape index (κ1) is 12.3. The molecular weight excluding hydrogens is 283 g/mol. The van der Waals surface area contributed by atoms with E-state index in [1.54, 1.807) is 19.2 Å². The molecule has 0 spiro atoms. The molecule has 0 amide bonds. The van der Waals surface area contributed by atoms with Gasteiger partial charge in [0, 0.05) is 5.56 Å². The van der Waals surface area contributed by atoms with Crippen LogP contribution in [0.1, 0.15) is 0 Å². The number of hydrogen-bond acceptors (Lipinski definition) is 2. The standard InChI is InChI=1S/C14H10Cl2N2O/c1-19-9-4-2-8(3-5-9)14-17-12-6-10(15)11(16)7-13(12)18-14/h2-7H,1H3,(H,17,18). The molecule has 0 saturated carbocycles. The summed E-state index contributed by atoms with van der Waals surface area (Å²) in [5.74, 6) is 1.59. The Balaban J connectivity index is 2.09. The number of nitrogens with zero attached hydrogens (tertiary/aromatic N) is 1. The molecule has 0 aliphatic rings. The van der Waals surface area contributed by atoms with Crippen molar-refractivity contribution in [1.29, 1.82) is 0 Å². The summed E-state index contributed by atoms with van der Waals surface area (Å²) < 4.78 is 5.13. The summed E-state index contributed by atoms with van der Waals surface area (Å²) in [6.45, 7) is 0. The molecule has 19 heavy (non-hydrogen) atoms. The van der Waals surface area contributed by atoms with Crippen LogP contribution in [0.25, 0.3) is 22.4 Å². The van der Waals surface area contributed by atoms with Crippen LogP contribution in [0.2, 0.25) is 10.0 Å². The van der Waals surface area contributed by atoms with Crippen LogP contribution in [-0.2, 0) is 0 Å². The van der Waals surface area contributed by atoms with Gasteiger partial charge >= 0.3 is 0 Å². The zero-order valence-corrected chi connectivity index (χ0v) is 11.6. The fourth-order valence-corrected chi connectivity index (χ4v) is 2.21. The minimum atomic E-state index is 0.502. The Kier molecular flexibility index (Phi) is 3.09. The average Bonchev–Trinajstić information content (AvgIpc) is 2.82. The first-order chi connectivity index (χ1) is 9.17. The Morgan fingerprint density at radius 2 is 1.74 bits per heavy atom. The fourth-order valence-electron chi connectivity index (χ4n) is 1.89. The number of fused-ring (bicyclic) bond motifs is 1. The molecule has 0 aliphatic carbocycles. The minimum Gasteiger partial charge on any atom is -0.497 e. The zero-order valence-electron chi connectivity index (χ0n) is 10.1. The second-order valence-electron chi connectivity index (χ2n) is 4.10. The lowest BCUT2D eigenvalue weighted by molar-refractivity contribution is 0.415. The molecule has 0 aliphatic heterocycles. The molecule has 0 atom stereocenters.